The fraction of sp³-hybridized carbons (Fsp3) is 0.174. The molecule has 29 heavy (non-hydrogen) atoms. The zero-order valence-corrected chi connectivity index (χ0v) is 17.5. The van der Waals surface area contributed by atoms with Crippen molar-refractivity contribution >= 4 is 38.0 Å². The number of rotatable bonds is 5. The van der Waals surface area contributed by atoms with E-state index in [9.17, 15) is 8.42 Å². The monoisotopic (exact) mass is 405 g/mol. The van der Waals surface area contributed by atoms with E-state index in [0.717, 1.165) is 33.0 Å². The van der Waals surface area contributed by atoms with E-state index in [4.69, 9.17) is 0 Å². The molecule has 5 nitrogen and oxygen atoms in total. The predicted molar refractivity (Wildman–Crippen MR) is 119 cm³/mol. The van der Waals surface area contributed by atoms with Gasteiger partial charge in [-0.25, -0.2) is 0 Å². The first-order valence-electron chi connectivity index (χ1n) is 9.52. The van der Waals surface area contributed by atoms with Gasteiger partial charge in [-0.05, 0) is 49.7 Å². The van der Waals surface area contributed by atoms with Crippen molar-refractivity contribution in [1.82, 2.24) is 8.98 Å². The minimum Gasteiger partial charge on any atom is -0.341 e. The van der Waals surface area contributed by atoms with Crippen molar-refractivity contribution in [2.45, 2.75) is 25.3 Å². The van der Waals surface area contributed by atoms with E-state index >= 15 is 0 Å². The van der Waals surface area contributed by atoms with Gasteiger partial charge in [-0.2, -0.15) is 17.9 Å². The van der Waals surface area contributed by atoms with E-state index in [1.807, 2.05) is 25.1 Å². The normalized spacial score (nSPS) is 12.2. The van der Waals surface area contributed by atoms with Gasteiger partial charge in [0, 0.05) is 35.4 Å². The molecule has 0 spiro atoms. The highest BCUT2D eigenvalue weighted by atomic mass is 32.2. The number of hydrogen-bond acceptors (Lipinski definition) is 3. The summed E-state index contributed by atoms with van der Waals surface area (Å²) in [5.74, 6) is 0. The van der Waals surface area contributed by atoms with Crippen molar-refractivity contribution in [3.8, 4) is 0 Å². The van der Waals surface area contributed by atoms with Gasteiger partial charge >= 0.3 is 0 Å². The number of para-hydroxylation sites is 1. The average Bonchev–Trinajstić information content (AvgIpc) is 3.05. The first-order valence-corrected chi connectivity index (χ1v) is 11.0. The van der Waals surface area contributed by atoms with Crippen LogP contribution in [-0.4, -0.2) is 30.7 Å². The number of fused-ring (bicyclic) bond motifs is 3. The maximum atomic E-state index is 12.7. The van der Waals surface area contributed by atoms with Crippen molar-refractivity contribution in [1.29, 1.82) is 0 Å². The second kappa shape index (κ2) is 7.37. The number of aryl methyl sites for hydroxylation is 2. The Labute approximate surface area is 170 Å². The standard InChI is InChI=1S/C23H23N3O2S/c1-4-26-22-8-6-5-7-20(22)21-15-18(11-14-23(21)26)16-24-25(3)29(27,28)19-12-9-17(2)10-13-19/h5-16H,4H2,1-3H3. The lowest BCUT2D eigenvalue weighted by molar-refractivity contribution is 0.491. The summed E-state index contributed by atoms with van der Waals surface area (Å²) in [6.07, 6.45) is 1.59. The van der Waals surface area contributed by atoms with Gasteiger partial charge in [0.15, 0.2) is 0 Å². The van der Waals surface area contributed by atoms with Crippen LogP contribution in [-0.2, 0) is 16.6 Å². The summed E-state index contributed by atoms with van der Waals surface area (Å²) >= 11 is 0. The minimum atomic E-state index is -3.67. The summed E-state index contributed by atoms with van der Waals surface area (Å²) in [6.45, 7) is 4.94. The molecule has 0 saturated heterocycles. The molecule has 1 aromatic heterocycles. The maximum Gasteiger partial charge on any atom is 0.278 e. The highest BCUT2D eigenvalue weighted by Gasteiger charge is 2.18. The lowest BCUT2D eigenvalue weighted by Crippen LogP contribution is -2.21. The topological polar surface area (TPSA) is 54.7 Å². The van der Waals surface area contributed by atoms with E-state index in [2.05, 4.69) is 40.9 Å². The predicted octanol–water partition coefficient (Wildman–Crippen LogP) is 4.78. The molecule has 4 rings (SSSR count). The molecule has 148 valence electrons. The third-order valence-electron chi connectivity index (χ3n) is 5.15. The van der Waals surface area contributed by atoms with Crippen LogP contribution in [0.2, 0.25) is 0 Å². The number of hydrazone groups is 1. The molecule has 0 saturated carbocycles. The van der Waals surface area contributed by atoms with Gasteiger partial charge in [0.2, 0.25) is 0 Å². The van der Waals surface area contributed by atoms with E-state index in [0.29, 0.717) is 0 Å². The van der Waals surface area contributed by atoms with Crippen LogP contribution in [0.1, 0.15) is 18.1 Å². The Hall–Kier alpha value is -3.12. The summed E-state index contributed by atoms with van der Waals surface area (Å²) in [4.78, 5) is 0.226. The zero-order chi connectivity index (χ0) is 20.6. The Kier molecular flexibility index (Phi) is 4.88. The van der Waals surface area contributed by atoms with E-state index < -0.39 is 10.0 Å². The molecule has 6 heteroatoms. The summed E-state index contributed by atoms with van der Waals surface area (Å²) < 4.78 is 28.7. The molecular formula is C23H23N3O2S. The van der Waals surface area contributed by atoms with E-state index in [1.54, 1.807) is 30.5 Å². The number of benzene rings is 3. The quantitative estimate of drug-likeness (QED) is 0.354. The molecule has 0 N–H and O–H groups in total. The van der Waals surface area contributed by atoms with E-state index in [-0.39, 0.29) is 4.90 Å². The molecule has 4 aromatic rings. The van der Waals surface area contributed by atoms with Gasteiger partial charge in [-0.1, -0.05) is 42.0 Å². The Morgan fingerprint density at radius 3 is 2.38 bits per heavy atom. The second-order valence-electron chi connectivity index (χ2n) is 7.03. The van der Waals surface area contributed by atoms with Crippen LogP contribution >= 0.6 is 0 Å². The fourth-order valence-corrected chi connectivity index (χ4v) is 4.52. The molecule has 0 aliphatic carbocycles. The Morgan fingerprint density at radius 1 is 0.966 bits per heavy atom. The Morgan fingerprint density at radius 2 is 1.66 bits per heavy atom. The van der Waals surface area contributed by atoms with Crippen molar-refractivity contribution < 1.29 is 8.42 Å². The van der Waals surface area contributed by atoms with Crippen molar-refractivity contribution in [2.75, 3.05) is 7.05 Å². The fourth-order valence-electron chi connectivity index (χ4n) is 3.57. The molecule has 1 heterocycles. The van der Waals surface area contributed by atoms with Crippen LogP contribution in [0.5, 0.6) is 0 Å². The third kappa shape index (κ3) is 3.40. The van der Waals surface area contributed by atoms with Crippen molar-refractivity contribution in [3.05, 3.63) is 77.9 Å². The molecule has 0 radical (unpaired) electrons. The lowest BCUT2D eigenvalue weighted by atomic mass is 10.1. The molecule has 0 aliphatic rings. The number of hydrogen-bond donors (Lipinski definition) is 0. The highest BCUT2D eigenvalue weighted by molar-refractivity contribution is 7.89. The first kappa shape index (κ1) is 19.2. The molecule has 3 aromatic carbocycles. The zero-order valence-electron chi connectivity index (χ0n) is 16.7. The average molecular weight is 406 g/mol. The van der Waals surface area contributed by atoms with Crippen LogP contribution < -0.4 is 0 Å². The van der Waals surface area contributed by atoms with Crippen LogP contribution in [0.15, 0.2) is 76.7 Å². The van der Waals surface area contributed by atoms with Crippen molar-refractivity contribution in [2.24, 2.45) is 5.10 Å². The van der Waals surface area contributed by atoms with Gasteiger partial charge in [-0.3, -0.25) is 0 Å². The SMILES string of the molecule is CCn1c2ccccc2c2cc(C=NN(C)S(=O)(=O)c3ccc(C)cc3)ccc21. The second-order valence-corrected chi connectivity index (χ2v) is 8.98. The van der Waals surface area contributed by atoms with Gasteiger partial charge in [-0.15, -0.1) is 0 Å². The molecular weight excluding hydrogens is 382 g/mol. The summed E-state index contributed by atoms with van der Waals surface area (Å²) in [5, 5.41) is 6.51. The van der Waals surface area contributed by atoms with Crippen LogP contribution in [0.25, 0.3) is 21.8 Å². The molecule has 0 amide bonds. The first-order chi connectivity index (χ1) is 13.9. The third-order valence-corrected chi connectivity index (χ3v) is 6.81. The highest BCUT2D eigenvalue weighted by Crippen LogP contribution is 2.29. The molecule has 0 unspecified atom stereocenters. The van der Waals surface area contributed by atoms with Crippen LogP contribution in [0, 0.1) is 6.92 Å². The molecule has 0 bridgehead atoms. The molecule has 0 aliphatic heterocycles. The number of nitrogens with zero attached hydrogens (tertiary/aromatic N) is 3. The van der Waals surface area contributed by atoms with Gasteiger partial charge in [0.1, 0.15) is 0 Å². The Balaban J connectivity index is 1.69. The summed E-state index contributed by atoms with van der Waals surface area (Å²) in [5.41, 5.74) is 4.21. The van der Waals surface area contributed by atoms with Gasteiger partial charge in [0.05, 0.1) is 11.1 Å². The largest absolute Gasteiger partial charge is 0.341 e. The van der Waals surface area contributed by atoms with Gasteiger partial charge in [0.25, 0.3) is 10.0 Å². The summed E-state index contributed by atoms with van der Waals surface area (Å²) in [6, 6.07) is 21.1. The number of sulfonamides is 1. The van der Waals surface area contributed by atoms with Crippen LogP contribution in [0.4, 0.5) is 0 Å². The Bertz CT molecular complexity index is 1320. The number of aromatic nitrogens is 1. The molecule has 0 fully saturated rings. The summed E-state index contributed by atoms with van der Waals surface area (Å²) in [7, 11) is -2.22. The molecule has 0 atom stereocenters. The van der Waals surface area contributed by atoms with Crippen molar-refractivity contribution in [3.63, 3.8) is 0 Å². The minimum absolute atomic E-state index is 0.226. The smallest absolute Gasteiger partial charge is 0.278 e. The van der Waals surface area contributed by atoms with Crippen LogP contribution in [0.3, 0.4) is 0 Å². The lowest BCUT2D eigenvalue weighted by Gasteiger charge is -2.13. The maximum absolute atomic E-state index is 12.7. The van der Waals surface area contributed by atoms with E-state index in [1.165, 1.54) is 18.0 Å². The van der Waals surface area contributed by atoms with Gasteiger partial charge < -0.3 is 4.57 Å².